The summed E-state index contributed by atoms with van der Waals surface area (Å²) in [5.74, 6) is -1.87. The van der Waals surface area contributed by atoms with Gasteiger partial charge in [0.1, 0.15) is 11.9 Å². The van der Waals surface area contributed by atoms with Crippen LogP contribution in [0, 0.1) is 11.7 Å². The number of primary amides is 1. The summed E-state index contributed by atoms with van der Waals surface area (Å²) in [4.78, 5) is 42.1. The quantitative estimate of drug-likeness (QED) is 0.254. The number of hydrogen-bond acceptors (Lipinski definition) is 5. The molecule has 0 bridgehead atoms. The number of hydrogen-bond donors (Lipinski definition) is 4. The van der Waals surface area contributed by atoms with Crippen molar-refractivity contribution in [2.24, 2.45) is 11.7 Å². The lowest BCUT2D eigenvalue weighted by atomic mass is 9.74. The summed E-state index contributed by atoms with van der Waals surface area (Å²) in [6, 6.07) is 21.0. The Morgan fingerprint density at radius 2 is 1.51 bits per heavy atom. The maximum Gasteiger partial charge on any atom is 0.324 e. The standard InChI is InChI=1S/C33H39FN4O5/c34-26-16-14-25(15-17-26)30(31(35)41)36-32(42)29-9-5-4-8-28(29)24-12-10-23(11-13-24)22-38(27-6-2-1-3-7-27)33(43)37(18-20-39)19-21-40/h1-3,6-7,10-17,28-30,39-40H,4-5,8-9,18-22H2,(H2,35,41)(H,36,42)/t28-,29+,30-/m0/s1. The SMILES string of the molecule is NC(=O)[C@@H](NC(=O)[C@@H]1CCCC[C@H]1c1ccc(CN(C(=O)N(CCO)CCO)c2ccccc2)cc1)c1ccc(F)cc1. The lowest BCUT2D eigenvalue weighted by Crippen LogP contribution is -2.45. The summed E-state index contributed by atoms with van der Waals surface area (Å²) in [5, 5.41) is 21.7. The molecule has 0 saturated heterocycles. The Morgan fingerprint density at radius 1 is 0.884 bits per heavy atom. The normalized spacial score (nSPS) is 17.1. The Hall–Kier alpha value is -4.28. The van der Waals surface area contributed by atoms with Crippen molar-refractivity contribution >= 4 is 23.5 Å². The number of benzene rings is 3. The van der Waals surface area contributed by atoms with E-state index in [4.69, 9.17) is 5.73 Å². The zero-order valence-corrected chi connectivity index (χ0v) is 24.1. The van der Waals surface area contributed by atoms with Crippen LogP contribution in [0.4, 0.5) is 14.9 Å². The van der Waals surface area contributed by atoms with Crippen LogP contribution >= 0.6 is 0 Å². The predicted octanol–water partition coefficient (Wildman–Crippen LogP) is 3.86. The third-order valence-corrected chi connectivity index (χ3v) is 7.93. The summed E-state index contributed by atoms with van der Waals surface area (Å²) >= 11 is 0. The molecule has 9 nitrogen and oxygen atoms in total. The molecule has 3 aromatic carbocycles. The second-order valence-electron chi connectivity index (χ2n) is 10.8. The third-order valence-electron chi connectivity index (χ3n) is 7.93. The predicted molar refractivity (Wildman–Crippen MR) is 161 cm³/mol. The second-order valence-corrected chi connectivity index (χ2v) is 10.8. The molecule has 0 radical (unpaired) electrons. The average molecular weight is 591 g/mol. The number of nitrogens with one attached hydrogen (secondary N) is 1. The van der Waals surface area contributed by atoms with Crippen LogP contribution in [0.1, 0.15) is 54.3 Å². The highest BCUT2D eigenvalue weighted by atomic mass is 19.1. The molecule has 1 saturated carbocycles. The molecule has 3 aromatic rings. The number of carbonyl (C=O) groups is 3. The molecule has 5 N–H and O–H groups in total. The Labute approximate surface area is 251 Å². The first-order valence-electron chi connectivity index (χ1n) is 14.6. The topological polar surface area (TPSA) is 136 Å². The summed E-state index contributed by atoms with van der Waals surface area (Å²) < 4.78 is 13.4. The van der Waals surface area contributed by atoms with Crippen LogP contribution in [0.15, 0.2) is 78.9 Å². The van der Waals surface area contributed by atoms with Gasteiger partial charge in [0.05, 0.1) is 19.8 Å². The molecule has 1 aliphatic carbocycles. The van der Waals surface area contributed by atoms with Crippen LogP contribution in [0.3, 0.4) is 0 Å². The molecule has 0 heterocycles. The van der Waals surface area contributed by atoms with Crippen molar-refractivity contribution in [3.05, 3.63) is 101 Å². The fourth-order valence-electron chi connectivity index (χ4n) is 5.71. The van der Waals surface area contributed by atoms with Gasteiger partial charge in [-0.2, -0.15) is 0 Å². The number of aliphatic hydroxyl groups is 2. The van der Waals surface area contributed by atoms with Crippen molar-refractivity contribution in [1.29, 1.82) is 0 Å². The highest BCUT2D eigenvalue weighted by Gasteiger charge is 2.34. The molecule has 0 unspecified atom stereocenters. The minimum Gasteiger partial charge on any atom is -0.395 e. The summed E-state index contributed by atoms with van der Waals surface area (Å²) in [7, 11) is 0. The van der Waals surface area contributed by atoms with Crippen molar-refractivity contribution in [2.75, 3.05) is 31.2 Å². The van der Waals surface area contributed by atoms with E-state index in [1.54, 1.807) is 4.90 Å². The largest absolute Gasteiger partial charge is 0.395 e. The zero-order valence-electron chi connectivity index (χ0n) is 24.1. The van der Waals surface area contributed by atoms with Gasteiger partial charge in [-0.3, -0.25) is 14.5 Å². The summed E-state index contributed by atoms with van der Waals surface area (Å²) in [5.41, 5.74) is 8.57. The van der Waals surface area contributed by atoms with Gasteiger partial charge in [-0.1, -0.05) is 67.4 Å². The van der Waals surface area contributed by atoms with Gasteiger partial charge in [0.15, 0.2) is 0 Å². The maximum atomic E-state index is 13.5. The molecular weight excluding hydrogens is 551 g/mol. The molecule has 4 rings (SSSR count). The smallest absolute Gasteiger partial charge is 0.324 e. The van der Waals surface area contributed by atoms with E-state index in [-0.39, 0.29) is 56.6 Å². The number of aliphatic hydroxyl groups excluding tert-OH is 2. The number of urea groups is 1. The van der Waals surface area contributed by atoms with Crippen LogP contribution in [-0.4, -0.2) is 59.3 Å². The number of nitrogens with zero attached hydrogens (tertiary/aromatic N) is 2. The van der Waals surface area contributed by atoms with Crippen LogP contribution in [0.25, 0.3) is 0 Å². The van der Waals surface area contributed by atoms with Crippen molar-refractivity contribution in [3.8, 4) is 0 Å². The van der Waals surface area contributed by atoms with E-state index in [9.17, 15) is 29.0 Å². The molecule has 3 atom stereocenters. The number of para-hydroxylation sites is 1. The van der Waals surface area contributed by atoms with Gasteiger partial charge in [0.2, 0.25) is 11.8 Å². The average Bonchev–Trinajstić information content (AvgIpc) is 3.03. The molecule has 228 valence electrons. The van der Waals surface area contributed by atoms with E-state index in [0.29, 0.717) is 17.7 Å². The molecule has 43 heavy (non-hydrogen) atoms. The Kier molecular flexibility index (Phi) is 11.2. The van der Waals surface area contributed by atoms with E-state index < -0.39 is 17.8 Å². The van der Waals surface area contributed by atoms with Crippen LogP contribution < -0.4 is 16.0 Å². The minimum atomic E-state index is -1.06. The van der Waals surface area contributed by atoms with Gasteiger partial charge in [-0.25, -0.2) is 9.18 Å². The van der Waals surface area contributed by atoms with Gasteiger partial charge < -0.3 is 26.2 Å². The lowest BCUT2D eigenvalue weighted by molar-refractivity contribution is -0.131. The summed E-state index contributed by atoms with van der Waals surface area (Å²) in [6.07, 6.45) is 3.32. The van der Waals surface area contributed by atoms with Gasteiger partial charge in [-0.15, -0.1) is 0 Å². The van der Waals surface area contributed by atoms with E-state index >= 15 is 0 Å². The number of nitrogens with two attached hydrogens (primary N) is 1. The summed E-state index contributed by atoms with van der Waals surface area (Å²) in [6.45, 7) is 0.0325. The lowest BCUT2D eigenvalue weighted by Gasteiger charge is -2.32. The van der Waals surface area contributed by atoms with E-state index in [0.717, 1.165) is 30.4 Å². The Morgan fingerprint density at radius 3 is 2.12 bits per heavy atom. The monoisotopic (exact) mass is 590 g/mol. The van der Waals surface area contributed by atoms with Crippen molar-refractivity contribution < 1.29 is 29.0 Å². The van der Waals surface area contributed by atoms with Gasteiger partial charge in [0, 0.05) is 24.7 Å². The number of carbonyl (C=O) groups excluding carboxylic acids is 3. The number of amides is 4. The van der Waals surface area contributed by atoms with Crippen molar-refractivity contribution in [3.63, 3.8) is 0 Å². The minimum absolute atomic E-state index is 0.0685. The Bertz CT molecular complexity index is 1350. The van der Waals surface area contributed by atoms with E-state index in [1.165, 1.54) is 29.2 Å². The molecule has 1 aliphatic rings. The van der Waals surface area contributed by atoms with Gasteiger partial charge >= 0.3 is 6.03 Å². The molecule has 4 amide bonds. The van der Waals surface area contributed by atoms with Gasteiger partial charge in [0.25, 0.3) is 0 Å². The van der Waals surface area contributed by atoms with Crippen LogP contribution in [0.2, 0.25) is 0 Å². The molecule has 1 fully saturated rings. The molecule has 10 heteroatoms. The fourth-order valence-corrected chi connectivity index (χ4v) is 5.71. The number of anilines is 1. The number of rotatable bonds is 12. The fraction of sp³-hybridized carbons (Fsp3) is 0.364. The molecule has 0 aromatic heterocycles. The zero-order chi connectivity index (χ0) is 30.8. The maximum absolute atomic E-state index is 13.5. The van der Waals surface area contributed by atoms with Crippen LogP contribution in [0.5, 0.6) is 0 Å². The second kappa shape index (κ2) is 15.3. The van der Waals surface area contributed by atoms with E-state index in [2.05, 4.69) is 5.32 Å². The van der Waals surface area contributed by atoms with Crippen molar-refractivity contribution in [2.45, 2.75) is 44.2 Å². The first-order chi connectivity index (χ1) is 20.8. The van der Waals surface area contributed by atoms with Gasteiger partial charge in [-0.05, 0) is 59.7 Å². The first-order valence-corrected chi connectivity index (χ1v) is 14.6. The van der Waals surface area contributed by atoms with Crippen molar-refractivity contribution in [1.82, 2.24) is 10.2 Å². The van der Waals surface area contributed by atoms with E-state index in [1.807, 2.05) is 54.6 Å². The molecular formula is C33H39FN4O5. The first kappa shape index (κ1) is 31.7. The highest BCUT2D eigenvalue weighted by molar-refractivity contribution is 5.92. The van der Waals surface area contributed by atoms with Crippen LogP contribution in [-0.2, 0) is 16.1 Å². The molecule has 0 spiro atoms. The highest BCUT2D eigenvalue weighted by Crippen LogP contribution is 2.38. The molecule has 0 aliphatic heterocycles. The third kappa shape index (κ3) is 8.18. The Balaban J connectivity index is 1.52. The number of halogens is 1.